The second kappa shape index (κ2) is 11.9. The minimum atomic E-state index is -5.08. The quantitative estimate of drug-likeness (QED) is 0.119. The minimum absolute atomic E-state index is 0.115. The van der Waals surface area contributed by atoms with Crippen LogP contribution in [0.15, 0.2) is 48.5 Å². The van der Waals surface area contributed by atoms with E-state index >= 15 is 0 Å². The van der Waals surface area contributed by atoms with Crippen molar-refractivity contribution in [2.24, 2.45) is 0 Å². The topological polar surface area (TPSA) is 186 Å². The molecule has 13 heteroatoms. The molecule has 0 bridgehead atoms. The smallest absolute Gasteiger partial charge is 0.393 e. The zero-order valence-corrected chi connectivity index (χ0v) is 20.5. The Kier molecular flexibility index (Phi) is 9.49. The highest BCUT2D eigenvalue weighted by atomic mass is 31.2. The van der Waals surface area contributed by atoms with Gasteiger partial charge in [0.15, 0.2) is 5.54 Å². The Balaban J connectivity index is 2.21. The Labute approximate surface area is 207 Å². The van der Waals surface area contributed by atoms with E-state index in [1.807, 2.05) is 0 Å². The number of benzene rings is 2. The standard InChI is InChI=1S/C23H26N3O9P/c1-23(21(30)24-2,22(31)25-35-36(32,33)34)26(3)20(29)18-12-8-16(9-13-18)5-4-15-6-10-17(11-7-15)19(28)14-27/h6-13,19,27-28H,14H2,1-3H3,(H,24,30)(H,25,31)(H2,32,33,34)/t19-,23?/m1/s1. The number of carbonyl (C=O) groups excluding carboxylic acids is 3. The first-order valence-corrected chi connectivity index (χ1v) is 11.9. The van der Waals surface area contributed by atoms with Crippen molar-refractivity contribution in [1.82, 2.24) is 15.7 Å². The molecule has 0 spiro atoms. The van der Waals surface area contributed by atoms with Gasteiger partial charge in [-0.25, -0.2) is 10.0 Å². The van der Waals surface area contributed by atoms with Gasteiger partial charge in [-0.2, -0.15) is 4.62 Å². The number of aliphatic hydroxyl groups is 2. The third kappa shape index (κ3) is 6.99. The van der Waals surface area contributed by atoms with Gasteiger partial charge in [0.2, 0.25) is 0 Å². The number of phosphoric acid groups is 1. The van der Waals surface area contributed by atoms with E-state index in [9.17, 15) is 24.1 Å². The van der Waals surface area contributed by atoms with Crippen LogP contribution in [0.1, 0.15) is 40.1 Å². The first-order chi connectivity index (χ1) is 16.8. The van der Waals surface area contributed by atoms with E-state index in [1.54, 1.807) is 36.4 Å². The lowest BCUT2D eigenvalue weighted by atomic mass is 9.96. The predicted octanol–water partition coefficient (Wildman–Crippen LogP) is -0.171. The molecule has 6 N–H and O–H groups in total. The summed E-state index contributed by atoms with van der Waals surface area (Å²) in [5.74, 6) is 2.92. The van der Waals surface area contributed by atoms with Crippen molar-refractivity contribution in [2.75, 3.05) is 20.7 Å². The molecule has 1 unspecified atom stereocenters. The van der Waals surface area contributed by atoms with Crippen LogP contribution in [0.3, 0.4) is 0 Å². The van der Waals surface area contributed by atoms with E-state index in [2.05, 4.69) is 21.8 Å². The molecular formula is C23H26N3O9P. The first kappa shape index (κ1) is 28.7. The summed E-state index contributed by atoms with van der Waals surface area (Å²) in [7, 11) is -2.68. The molecule has 0 saturated heterocycles. The number of nitrogens with one attached hydrogen (secondary N) is 2. The molecular weight excluding hydrogens is 493 g/mol. The molecule has 2 aromatic carbocycles. The fourth-order valence-electron chi connectivity index (χ4n) is 2.98. The van der Waals surface area contributed by atoms with Gasteiger partial charge < -0.3 is 30.2 Å². The van der Waals surface area contributed by atoms with Gasteiger partial charge in [0.25, 0.3) is 17.7 Å². The zero-order chi connectivity index (χ0) is 27.1. The van der Waals surface area contributed by atoms with Gasteiger partial charge in [-0.3, -0.25) is 14.4 Å². The summed E-state index contributed by atoms with van der Waals surface area (Å²) in [5.41, 5.74) is 1.20. The van der Waals surface area contributed by atoms with Gasteiger partial charge in [-0.15, -0.1) is 0 Å². The first-order valence-electron chi connectivity index (χ1n) is 10.4. The van der Waals surface area contributed by atoms with E-state index in [0.717, 1.165) is 11.8 Å². The third-order valence-electron chi connectivity index (χ3n) is 5.30. The monoisotopic (exact) mass is 519 g/mol. The fraction of sp³-hybridized carbons (Fsp3) is 0.261. The molecule has 0 radical (unpaired) electrons. The van der Waals surface area contributed by atoms with Crippen molar-refractivity contribution < 1.29 is 43.6 Å². The molecule has 0 aliphatic carbocycles. The van der Waals surface area contributed by atoms with E-state index in [-0.39, 0.29) is 12.2 Å². The van der Waals surface area contributed by atoms with E-state index < -0.39 is 37.2 Å². The Hall–Kier alpha value is -3.56. The Bertz CT molecular complexity index is 1220. The Morgan fingerprint density at radius 1 is 1.03 bits per heavy atom. The molecule has 2 rings (SSSR count). The number of carbonyl (C=O) groups is 3. The lowest BCUT2D eigenvalue weighted by Gasteiger charge is -2.35. The molecule has 0 aliphatic heterocycles. The summed E-state index contributed by atoms with van der Waals surface area (Å²) in [6, 6.07) is 12.7. The minimum Gasteiger partial charge on any atom is -0.393 e. The third-order valence-corrected chi connectivity index (χ3v) is 5.62. The molecule has 192 valence electrons. The maximum absolute atomic E-state index is 13.0. The van der Waals surface area contributed by atoms with Crippen LogP contribution < -0.4 is 10.8 Å². The number of aliphatic hydroxyl groups excluding tert-OH is 2. The summed E-state index contributed by atoms with van der Waals surface area (Å²) in [6.45, 7) is 0.701. The number of rotatable bonds is 8. The molecule has 36 heavy (non-hydrogen) atoms. The molecule has 2 atom stereocenters. The highest BCUT2D eigenvalue weighted by Gasteiger charge is 2.47. The van der Waals surface area contributed by atoms with E-state index in [4.69, 9.17) is 14.9 Å². The van der Waals surface area contributed by atoms with Gasteiger partial charge in [0.05, 0.1) is 6.61 Å². The average Bonchev–Trinajstić information content (AvgIpc) is 2.88. The van der Waals surface area contributed by atoms with Crippen molar-refractivity contribution >= 4 is 25.5 Å². The number of hydroxylamine groups is 1. The van der Waals surface area contributed by atoms with Crippen molar-refractivity contribution in [3.8, 4) is 11.8 Å². The predicted molar refractivity (Wildman–Crippen MR) is 127 cm³/mol. The number of nitrogens with zero attached hydrogens (tertiary/aromatic N) is 1. The molecule has 12 nitrogen and oxygen atoms in total. The summed E-state index contributed by atoms with van der Waals surface area (Å²) in [5, 5.41) is 20.9. The van der Waals surface area contributed by atoms with Crippen LogP contribution in [0, 0.1) is 11.8 Å². The van der Waals surface area contributed by atoms with Gasteiger partial charge in [-0.1, -0.05) is 24.0 Å². The number of likely N-dealkylation sites (N-methyl/N-ethyl adjacent to an activating group) is 2. The van der Waals surface area contributed by atoms with Crippen molar-refractivity contribution in [3.05, 3.63) is 70.8 Å². The van der Waals surface area contributed by atoms with Crippen molar-refractivity contribution in [2.45, 2.75) is 18.6 Å². The van der Waals surface area contributed by atoms with Crippen LogP contribution in [0.4, 0.5) is 0 Å². The molecule has 0 aromatic heterocycles. The lowest BCUT2D eigenvalue weighted by Crippen LogP contribution is -2.64. The number of hydrogen-bond donors (Lipinski definition) is 6. The zero-order valence-electron chi connectivity index (χ0n) is 19.6. The van der Waals surface area contributed by atoms with Gasteiger partial charge in [0, 0.05) is 30.8 Å². The summed E-state index contributed by atoms with van der Waals surface area (Å²) in [4.78, 5) is 56.5. The largest absolute Gasteiger partial charge is 0.491 e. The summed E-state index contributed by atoms with van der Waals surface area (Å²) in [6.07, 6.45) is -0.967. The van der Waals surface area contributed by atoms with Crippen LogP contribution >= 0.6 is 7.82 Å². The average molecular weight is 519 g/mol. The molecule has 0 fully saturated rings. The van der Waals surface area contributed by atoms with Crippen LogP contribution in [0.2, 0.25) is 0 Å². The van der Waals surface area contributed by atoms with Crippen molar-refractivity contribution in [3.63, 3.8) is 0 Å². The van der Waals surface area contributed by atoms with Crippen LogP contribution in [0.5, 0.6) is 0 Å². The lowest BCUT2D eigenvalue weighted by molar-refractivity contribution is -0.147. The molecule has 0 aliphatic rings. The summed E-state index contributed by atoms with van der Waals surface area (Å²) < 4.78 is 14.9. The van der Waals surface area contributed by atoms with Crippen LogP contribution in [-0.2, 0) is 18.8 Å². The number of hydrogen-bond acceptors (Lipinski definition) is 7. The van der Waals surface area contributed by atoms with E-state index in [1.165, 1.54) is 31.7 Å². The van der Waals surface area contributed by atoms with Crippen molar-refractivity contribution in [1.29, 1.82) is 0 Å². The maximum Gasteiger partial charge on any atom is 0.491 e. The Morgan fingerprint density at radius 2 is 1.53 bits per heavy atom. The normalized spacial score (nSPS) is 13.4. The van der Waals surface area contributed by atoms with Gasteiger partial charge in [-0.05, 0) is 48.9 Å². The molecule has 0 heterocycles. The highest BCUT2D eigenvalue weighted by Crippen LogP contribution is 2.34. The molecule has 3 amide bonds. The highest BCUT2D eigenvalue weighted by molar-refractivity contribution is 7.46. The number of amides is 3. The van der Waals surface area contributed by atoms with Gasteiger partial charge in [0.1, 0.15) is 6.10 Å². The van der Waals surface area contributed by atoms with Crippen LogP contribution in [0.25, 0.3) is 0 Å². The maximum atomic E-state index is 13.0. The molecule has 2 aromatic rings. The fourth-order valence-corrected chi connectivity index (χ4v) is 3.18. The van der Waals surface area contributed by atoms with E-state index in [0.29, 0.717) is 16.7 Å². The second-order valence-electron chi connectivity index (χ2n) is 7.68. The second-order valence-corrected chi connectivity index (χ2v) is 8.84. The van der Waals surface area contributed by atoms with Gasteiger partial charge >= 0.3 is 7.82 Å². The molecule has 0 saturated carbocycles. The Morgan fingerprint density at radius 3 is 1.97 bits per heavy atom. The van der Waals surface area contributed by atoms with Crippen LogP contribution in [-0.4, -0.2) is 68.9 Å². The summed E-state index contributed by atoms with van der Waals surface area (Å²) >= 11 is 0. The SMILES string of the molecule is CNC(=O)C(C)(C(=O)NOP(=O)(O)O)N(C)C(=O)c1ccc(C#Cc2ccc([C@H](O)CO)cc2)cc1.